The monoisotopic (exact) mass is 177 g/mol. The maximum atomic E-state index is 13.0. The van der Waals surface area contributed by atoms with Gasteiger partial charge in [-0.2, -0.15) is 0 Å². The van der Waals surface area contributed by atoms with Crippen molar-refractivity contribution in [3.63, 3.8) is 0 Å². The number of hydrogen-bond donors (Lipinski definition) is 2. The summed E-state index contributed by atoms with van der Waals surface area (Å²) < 4.78 is 26.0. The highest BCUT2D eigenvalue weighted by Crippen LogP contribution is 2.76. The Morgan fingerprint density at radius 3 is 2.33 bits per heavy atom. The number of halogens is 2. The molecule has 2 nitrogen and oxygen atoms in total. The standard InChI is InChI=1S/C8H13F2NO/c9-8(10)6(4-12)7(8)1-5(2-7)3-11/h5-6,12H,1-4,11H2. The Morgan fingerprint density at radius 2 is 2.00 bits per heavy atom. The lowest BCUT2D eigenvalue weighted by Gasteiger charge is -2.35. The van der Waals surface area contributed by atoms with Crippen LogP contribution in [-0.2, 0) is 0 Å². The number of aliphatic hydroxyl groups is 1. The summed E-state index contributed by atoms with van der Waals surface area (Å²) in [5.74, 6) is -3.15. The van der Waals surface area contributed by atoms with Gasteiger partial charge in [0, 0.05) is 5.41 Å². The molecule has 1 unspecified atom stereocenters. The van der Waals surface area contributed by atoms with Crippen LogP contribution in [0.5, 0.6) is 0 Å². The van der Waals surface area contributed by atoms with Crippen LogP contribution in [0.3, 0.4) is 0 Å². The molecule has 0 heterocycles. The summed E-state index contributed by atoms with van der Waals surface area (Å²) in [6, 6.07) is 0. The van der Waals surface area contributed by atoms with Gasteiger partial charge in [0.15, 0.2) is 0 Å². The quantitative estimate of drug-likeness (QED) is 0.648. The van der Waals surface area contributed by atoms with Crippen molar-refractivity contribution in [2.75, 3.05) is 13.2 Å². The first-order valence-corrected chi connectivity index (χ1v) is 4.27. The van der Waals surface area contributed by atoms with E-state index in [0.29, 0.717) is 19.4 Å². The van der Waals surface area contributed by atoms with Crippen LogP contribution in [0.25, 0.3) is 0 Å². The summed E-state index contributed by atoms with van der Waals surface area (Å²) in [7, 11) is 0. The minimum atomic E-state index is -2.62. The highest BCUT2D eigenvalue weighted by atomic mass is 19.3. The third-order valence-electron chi connectivity index (χ3n) is 3.51. The summed E-state index contributed by atoms with van der Waals surface area (Å²) in [5.41, 5.74) is 4.50. The fraction of sp³-hybridized carbons (Fsp3) is 1.00. The first-order valence-electron chi connectivity index (χ1n) is 4.27. The Morgan fingerprint density at radius 1 is 1.42 bits per heavy atom. The Balaban J connectivity index is 2.00. The van der Waals surface area contributed by atoms with Crippen molar-refractivity contribution >= 4 is 0 Å². The molecule has 0 aromatic rings. The van der Waals surface area contributed by atoms with Crippen LogP contribution in [0.15, 0.2) is 0 Å². The molecule has 1 atom stereocenters. The second-order valence-electron chi connectivity index (χ2n) is 4.02. The fourth-order valence-electron chi connectivity index (χ4n) is 2.57. The second-order valence-corrected chi connectivity index (χ2v) is 4.02. The van der Waals surface area contributed by atoms with Crippen LogP contribution < -0.4 is 5.73 Å². The first-order chi connectivity index (χ1) is 5.58. The smallest absolute Gasteiger partial charge is 0.259 e. The van der Waals surface area contributed by atoms with Crippen LogP contribution in [0.4, 0.5) is 8.78 Å². The SMILES string of the molecule is NCC1CC2(C1)C(CO)C2(F)F. The number of rotatable bonds is 2. The number of hydrogen-bond acceptors (Lipinski definition) is 2. The predicted octanol–water partition coefficient (Wildman–Crippen LogP) is 0.599. The van der Waals surface area contributed by atoms with E-state index in [2.05, 4.69) is 0 Å². The van der Waals surface area contributed by atoms with Gasteiger partial charge in [-0.05, 0) is 25.3 Å². The molecule has 2 aliphatic carbocycles. The van der Waals surface area contributed by atoms with Gasteiger partial charge in [0.2, 0.25) is 0 Å². The van der Waals surface area contributed by atoms with E-state index in [1.165, 1.54) is 0 Å². The first kappa shape index (κ1) is 8.38. The van der Waals surface area contributed by atoms with Crippen molar-refractivity contribution in [2.45, 2.75) is 18.8 Å². The lowest BCUT2D eigenvalue weighted by Crippen LogP contribution is -2.35. The molecule has 2 fully saturated rings. The van der Waals surface area contributed by atoms with Crippen molar-refractivity contribution in [3.05, 3.63) is 0 Å². The van der Waals surface area contributed by atoms with Crippen molar-refractivity contribution in [3.8, 4) is 0 Å². The average molecular weight is 177 g/mol. The largest absolute Gasteiger partial charge is 0.396 e. The van der Waals surface area contributed by atoms with E-state index >= 15 is 0 Å². The summed E-state index contributed by atoms with van der Waals surface area (Å²) >= 11 is 0. The van der Waals surface area contributed by atoms with Crippen molar-refractivity contribution < 1.29 is 13.9 Å². The minimum absolute atomic E-state index is 0.257. The van der Waals surface area contributed by atoms with Gasteiger partial charge in [-0.1, -0.05) is 0 Å². The Labute approximate surface area is 69.7 Å². The molecule has 3 N–H and O–H groups in total. The zero-order valence-corrected chi connectivity index (χ0v) is 6.76. The number of nitrogens with two attached hydrogens (primary N) is 1. The van der Waals surface area contributed by atoms with Crippen LogP contribution in [0.1, 0.15) is 12.8 Å². The van der Waals surface area contributed by atoms with Crippen molar-refractivity contribution in [1.29, 1.82) is 0 Å². The average Bonchev–Trinajstić information content (AvgIpc) is 2.43. The lowest BCUT2D eigenvalue weighted by molar-refractivity contribution is 0.00338. The Bertz CT molecular complexity index is 201. The molecule has 0 aromatic carbocycles. The van der Waals surface area contributed by atoms with Crippen LogP contribution in [0, 0.1) is 17.3 Å². The molecule has 4 heteroatoms. The molecule has 2 aliphatic rings. The second kappa shape index (κ2) is 2.17. The maximum Gasteiger partial charge on any atom is 0.259 e. The molecule has 0 amide bonds. The molecular formula is C8H13F2NO. The van der Waals surface area contributed by atoms with Crippen LogP contribution >= 0.6 is 0 Å². The fourth-order valence-corrected chi connectivity index (χ4v) is 2.57. The normalized spacial score (nSPS) is 49.0. The highest BCUT2D eigenvalue weighted by molar-refractivity contribution is 5.23. The predicted molar refractivity (Wildman–Crippen MR) is 39.7 cm³/mol. The molecule has 70 valence electrons. The van der Waals surface area contributed by atoms with E-state index in [1.807, 2.05) is 0 Å². The third-order valence-corrected chi connectivity index (χ3v) is 3.51. The van der Waals surface area contributed by atoms with E-state index < -0.39 is 17.3 Å². The molecule has 2 rings (SSSR count). The summed E-state index contributed by atoms with van der Waals surface area (Å²) in [4.78, 5) is 0. The third kappa shape index (κ3) is 0.702. The van der Waals surface area contributed by atoms with Gasteiger partial charge in [-0.25, -0.2) is 8.78 Å². The summed E-state index contributed by atoms with van der Waals surface area (Å²) in [5, 5.41) is 8.69. The zero-order valence-electron chi connectivity index (χ0n) is 6.76. The van der Waals surface area contributed by atoms with E-state index in [1.54, 1.807) is 0 Å². The zero-order chi connectivity index (χ0) is 8.98. The van der Waals surface area contributed by atoms with E-state index in [0.717, 1.165) is 0 Å². The minimum Gasteiger partial charge on any atom is -0.396 e. The molecule has 1 spiro atoms. The highest BCUT2D eigenvalue weighted by Gasteiger charge is 2.83. The van der Waals surface area contributed by atoms with E-state index in [4.69, 9.17) is 10.8 Å². The molecule has 12 heavy (non-hydrogen) atoms. The van der Waals surface area contributed by atoms with Gasteiger partial charge in [-0.3, -0.25) is 0 Å². The van der Waals surface area contributed by atoms with Crippen molar-refractivity contribution in [2.24, 2.45) is 23.0 Å². The molecule has 2 saturated carbocycles. The topological polar surface area (TPSA) is 46.2 Å². The molecule has 0 saturated heterocycles. The van der Waals surface area contributed by atoms with E-state index in [-0.39, 0.29) is 12.5 Å². The number of alkyl halides is 2. The van der Waals surface area contributed by atoms with Gasteiger partial charge in [0.05, 0.1) is 12.5 Å². The van der Waals surface area contributed by atoms with Gasteiger partial charge >= 0.3 is 0 Å². The lowest BCUT2D eigenvalue weighted by atomic mass is 9.70. The van der Waals surface area contributed by atoms with Crippen LogP contribution in [0.2, 0.25) is 0 Å². The van der Waals surface area contributed by atoms with E-state index in [9.17, 15) is 8.78 Å². The summed E-state index contributed by atoms with van der Waals surface area (Å²) in [6.45, 7) is 0.111. The van der Waals surface area contributed by atoms with Gasteiger partial charge in [0.25, 0.3) is 5.92 Å². The Kier molecular flexibility index (Phi) is 1.52. The van der Waals surface area contributed by atoms with Crippen molar-refractivity contribution in [1.82, 2.24) is 0 Å². The molecule has 0 aromatic heterocycles. The van der Waals surface area contributed by atoms with Gasteiger partial charge in [-0.15, -0.1) is 0 Å². The molecule has 0 bridgehead atoms. The molecule has 0 radical (unpaired) electrons. The molecular weight excluding hydrogens is 164 g/mol. The van der Waals surface area contributed by atoms with Gasteiger partial charge < -0.3 is 10.8 Å². The summed E-state index contributed by atoms with van der Waals surface area (Å²) in [6.07, 6.45) is 1.00. The Hall–Kier alpha value is -0.220. The molecule has 0 aliphatic heterocycles. The van der Waals surface area contributed by atoms with Gasteiger partial charge in [0.1, 0.15) is 0 Å². The van der Waals surface area contributed by atoms with Crippen LogP contribution in [-0.4, -0.2) is 24.2 Å². The number of aliphatic hydroxyl groups excluding tert-OH is 1. The maximum absolute atomic E-state index is 13.0.